The minimum Gasteiger partial charge on any atom is -0.491 e. The van der Waals surface area contributed by atoms with Gasteiger partial charge in [-0.15, -0.1) is 0 Å². The molecule has 0 saturated carbocycles. The Bertz CT molecular complexity index is 310. The Balaban J connectivity index is 2.20. The first-order chi connectivity index (χ1) is 7.72. The molecule has 0 radical (unpaired) electrons. The fourth-order valence-corrected chi connectivity index (χ4v) is 1.05. The minimum atomic E-state index is -0.796. The quantitative estimate of drug-likeness (QED) is 0.742. The van der Waals surface area contributed by atoms with Gasteiger partial charge in [-0.1, -0.05) is 25.1 Å². The predicted molar refractivity (Wildman–Crippen MR) is 59.2 cm³/mol. The summed E-state index contributed by atoms with van der Waals surface area (Å²) in [7, 11) is 0. The molecule has 0 aliphatic rings. The van der Waals surface area contributed by atoms with Crippen LogP contribution in [-0.4, -0.2) is 30.4 Å². The Hall–Kier alpha value is -1.55. The molecular weight excluding hydrogens is 208 g/mol. The average molecular weight is 224 g/mol. The van der Waals surface area contributed by atoms with Crippen molar-refractivity contribution in [3.63, 3.8) is 0 Å². The first-order valence-electron chi connectivity index (χ1n) is 5.24. The lowest BCUT2D eigenvalue weighted by molar-refractivity contribution is -0.146. The van der Waals surface area contributed by atoms with Gasteiger partial charge in [-0.3, -0.25) is 4.79 Å². The first kappa shape index (κ1) is 12.5. The van der Waals surface area contributed by atoms with E-state index in [1.807, 2.05) is 18.2 Å². The molecule has 0 spiro atoms. The summed E-state index contributed by atoms with van der Waals surface area (Å²) < 4.78 is 10.1. The molecule has 0 saturated heterocycles. The van der Waals surface area contributed by atoms with E-state index in [2.05, 4.69) is 0 Å². The maximum absolute atomic E-state index is 10.8. The van der Waals surface area contributed by atoms with Crippen LogP contribution in [0.1, 0.15) is 13.3 Å². The van der Waals surface area contributed by atoms with Crippen LogP contribution >= 0.6 is 0 Å². The number of ether oxygens (including phenoxy) is 2. The van der Waals surface area contributed by atoms with E-state index in [1.54, 1.807) is 19.1 Å². The molecule has 0 amide bonds. The summed E-state index contributed by atoms with van der Waals surface area (Å²) in [6, 6.07) is 9.17. The Morgan fingerprint density at radius 2 is 2.00 bits per heavy atom. The van der Waals surface area contributed by atoms with Crippen LogP contribution in [-0.2, 0) is 9.53 Å². The van der Waals surface area contributed by atoms with Crippen molar-refractivity contribution < 1.29 is 19.4 Å². The Labute approximate surface area is 94.8 Å². The van der Waals surface area contributed by atoms with Crippen molar-refractivity contribution in [3.8, 4) is 5.75 Å². The maximum atomic E-state index is 10.8. The highest BCUT2D eigenvalue weighted by Gasteiger charge is 2.08. The smallest absolute Gasteiger partial charge is 0.305 e. The van der Waals surface area contributed by atoms with Crippen LogP contribution in [0.25, 0.3) is 0 Å². The summed E-state index contributed by atoms with van der Waals surface area (Å²) in [4.78, 5) is 10.8. The lowest BCUT2D eigenvalue weighted by Crippen LogP contribution is -2.25. The zero-order chi connectivity index (χ0) is 11.8. The highest BCUT2D eigenvalue weighted by atomic mass is 16.5. The van der Waals surface area contributed by atoms with E-state index in [1.165, 1.54) is 0 Å². The van der Waals surface area contributed by atoms with Crippen LogP contribution in [0.3, 0.4) is 0 Å². The van der Waals surface area contributed by atoms with Crippen molar-refractivity contribution in [2.24, 2.45) is 0 Å². The summed E-state index contributed by atoms with van der Waals surface area (Å²) in [5.74, 6) is 0.363. The standard InChI is InChI=1S/C12H16O4/c1-2-12(14)16-9-10(13)8-15-11-6-4-3-5-7-11/h3-7,10,13H,2,8-9H2,1H3. The van der Waals surface area contributed by atoms with Crippen LogP contribution < -0.4 is 4.74 Å². The average Bonchev–Trinajstić information content (AvgIpc) is 2.34. The number of hydrogen-bond donors (Lipinski definition) is 1. The molecule has 0 fully saturated rings. The van der Waals surface area contributed by atoms with Gasteiger partial charge in [0, 0.05) is 6.42 Å². The van der Waals surface area contributed by atoms with Crippen molar-refractivity contribution in [3.05, 3.63) is 30.3 Å². The number of benzene rings is 1. The second-order valence-electron chi connectivity index (χ2n) is 3.31. The first-order valence-corrected chi connectivity index (χ1v) is 5.24. The molecule has 1 unspecified atom stereocenters. The molecule has 4 heteroatoms. The van der Waals surface area contributed by atoms with Crippen LogP contribution in [0.2, 0.25) is 0 Å². The fraction of sp³-hybridized carbons (Fsp3) is 0.417. The number of carbonyl (C=O) groups excluding carboxylic acids is 1. The molecule has 1 atom stereocenters. The molecule has 0 heterocycles. The van der Waals surface area contributed by atoms with Gasteiger partial charge >= 0.3 is 5.97 Å². The minimum absolute atomic E-state index is 0.0283. The lowest BCUT2D eigenvalue weighted by Gasteiger charge is -2.12. The van der Waals surface area contributed by atoms with E-state index in [4.69, 9.17) is 9.47 Å². The fourth-order valence-electron chi connectivity index (χ4n) is 1.05. The monoisotopic (exact) mass is 224 g/mol. The molecule has 4 nitrogen and oxygen atoms in total. The third kappa shape index (κ3) is 4.79. The normalized spacial score (nSPS) is 11.9. The maximum Gasteiger partial charge on any atom is 0.305 e. The summed E-state index contributed by atoms with van der Waals surface area (Å²) in [5.41, 5.74) is 0. The second kappa shape index (κ2) is 6.85. The zero-order valence-corrected chi connectivity index (χ0v) is 9.26. The summed E-state index contributed by atoms with van der Waals surface area (Å²) >= 11 is 0. The van der Waals surface area contributed by atoms with E-state index in [0.717, 1.165) is 0 Å². The number of carbonyl (C=O) groups is 1. The summed E-state index contributed by atoms with van der Waals surface area (Å²) in [6.07, 6.45) is -0.484. The lowest BCUT2D eigenvalue weighted by atomic mass is 10.3. The van der Waals surface area contributed by atoms with Crippen molar-refractivity contribution in [2.75, 3.05) is 13.2 Å². The van der Waals surface area contributed by atoms with Crippen molar-refractivity contribution >= 4 is 5.97 Å². The molecule has 1 aromatic carbocycles. The van der Waals surface area contributed by atoms with Gasteiger partial charge < -0.3 is 14.6 Å². The SMILES string of the molecule is CCC(=O)OCC(O)COc1ccccc1. The molecule has 0 aliphatic carbocycles. The largest absolute Gasteiger partial charge is 0.491 e. The van der Waals surface area contributed by atoms with Crippen LogP contribution in [0, 0.1) is 0 Å². The third-order valence-corrected chi connectivity index (χ3v) is 1.91. The van der Waals surface area contributed by atoms with Crippen molar-refractivity contribution in [2.45, 2.75) is 19.4 Å². The third-order valence-electron chi connectivity index (χ3n) is 1.91. The Morgan fingerprint density at radius 3 is 2.62 bits per heavy atom. The van der Waals surface area contributed by atoms with Gasteiger partial charge in [-0.25, -0.2) is 0 Å². The number of para-hydroxylation sites is 1. The molecule has 1 rings (SSSR count). The van der Waals surface area contributed by atoms with Crippen LogP contribution in [0.4, 0.5) is 0 Å². The molecule has 1 aromatic rings. The van der Waals surface area contributed by atoms with Gasteiger partial charge in [0.25, 0.3) is 0 Å². The van der Waals surface area contributed by atoms with E-state index >= 15 is 0 Å². The molecular formula is C12H16O4. The van der Waals surface area contributed by atoms with Gasteiger partial charge in [-0.05, 0) is 12.1 Å². The summed E-state index contributed by atoms with van der Waals surface area (Å²) in [6.45, 7) is 1.79. The highest BCUT2D eigenvalue weighted by Crippen LogP contribution is 2.08. The number of esters is 1. The number of hydrogen-bond acceptors (Lipinski definition) is 4. The molecule has 88 valence electrons. The predicted octanol–water partition coefficient (Wildman–Crippen LogP) is 1.38. The molecule has 0 aromatic heterocycles. The van der Waals surface area contributed by atoms with Crippen molar-refractivity contribution in [1.29, 1.82) is 0 Å². The number of aliphatic hydroxyl groups excluding tert-OH is 1. The van der Waals surface area contributed by atoms with Crippen LogP contribution in [0.5, 0.6) is 5.75 Å². The van der Waals surface area contributed by atoms with Crippen molar-refractivity contribution in [1.82, 2.24) is 0 Å². The molecule has 16 heavy (non-hydrogen) atoms. The van der Waals surface area contributed by atoms with E-state index in [0.29, 0.717) is 12.2 Å². The van der Waals surface area contributed by atoms with E-state index in [9.17, 15) is 9.90 Å². The van der Waals surface area contributed by atoms with Gasteiger partial charge in [0.2, 0.25) is 0 Å². The topological polar surface area (TPSA) is 55.8 Å². The molecule has 0 aliphatic heterocycles. The molecule has 0 bridgehead atoms. The molecule has 1 N–H and O–H groups in total. The van der Waals surface area contributed by atoms with Gasteiger partial charge in [0.15, 0.2) is 0 Å². The summed E-state index contributed by atoms with van der Waals surface area (Å²) in [5, 5.41) is 9.45. The number of rotatable bonds is 6. The second-order valence-corrected chi connectivity index (χ2v) is 3.31. The van der Waals surface area contributed by atoms with E-state index < -0.39 is 6.10 Å². The van der Waals surface area contributed by atoms with Gasteiger partial charge in [0.1, 0.15) is 25.1 Å². The van der Waals surface area contributed by atoms with Gasteiger partial charge in [0.05, 0.1) is 0 Å². The Morgan fingerprint density at radius 1 is 1.31 bits per heavy atom. The Kier molecular flexibility index (Phi) is 5.36. The van der Waals surface area contributed by atoms with Crippen LogP contribution in [0.15, 0.2) is 30.3 Å². The highest BCUT2D eigenvalue weighted by molar-refractivity contribution is 5.68. The number of aliphatic hydroxyl groups is 1. The van der Waals surface area contributed by atoms with Gasteiger partial charge in [-0.2, -0.15) is 0 Å². The zero-order valence-electron chi connectivity index (χ0n) is 9.26. The van der Waals surface area contributed by atoms with E-state index in [-0.39, 0.29) is 19.2 Å².